The highest BCUT2D eigenvalue weighted by Crippen LogP contribution is 2.55. The second-order valence-electron chi connectivity index (χ2n) is 9.74. The van der Waals surface area contributed by atoms with Gasteiger partial charge in [0.2, 0.25) is 11.7 Å². The van der Waals surface area contributed by atoms with Gasteiger partial charge in [0.15, 0.2) is 17.2 Å². The number of aliphatic hydroxyl groups is 2. The third-order valence-electron chi connectivity index (χ3n) is 7.34. The maximum Gasteiger partial charge on any atom is 0.417 e. The third-order valence-corrected chi connectivity index (χ3v) is 7.34. The fraction of sp³-hybridized carbons (Fsp3) is 0.520. The van der Waals surface area contributed by atoms with E-state index in [1.54, 1.807) is 0 Å². The van der Waals surface area contributed by atoms with Gasteiger partial charge in [-0.3, -0.25) is 4.79 Å². The van der Waals surface area contributed by atoms with Crippen molar-refractivity contribution in [3.8, 4) is 11.6 Å². The van der Waals surface area contributed by atoms with Gasteiger partial charge in [-0.25, -0.2) is 9.37 Å². The second-order valence-corrected chi connectivity index (χ2v) is 9.74. The summed E-state index contributed by atoms with van der Waals surface area (Å²) in [5, 5.41) is 22.4. The third kappa shape index (κ3) is 5.02. The molecule has 1 saturated carbocycles. The van der Waals surface area contributed by atoms with E-state index in [0.29, 0.717) is 12.8 Å². The molecule has 1 aromatic heterocycles. The van der Waals surface area contributed by atoms with Gasteiger partial charge < -0.3 is 29.7 Å². The average Bonchev–Trinajstić information content (AvgIpc) is 3.55. The highest BCUT2D eigenvalue weighted by atomic mass is 19.4. The Morgan fingerprint density at radius 2 is 1.97 bits per heavy atom. The molecule has 0 radical (unpaired) electrons. The van der Waals surface area contributed by atoms with Gasteiger partial charge in [-0.2, -0.15) is 17.6 Å². The van der Waals surface area contributed by atoms with Crippen LogP contribution in [0.15, 0.2) is 30.5 Å². The zero-order chi connectivity index (χ0) is 28.0. The summed E-state index contributed by atoms with van der Waals surface area (Å²) in [6, 6.07) is 4.44. The molecule has 0 spiro atoms. The number of anilines is 1. The first-order valence-corrected chi connectivity index (χ1v) is 11.8. The SMILES string of the molecule is COc1c([C@H]2[C@H](C(=O)Nc3ccnc(OCC(O)C4(O)CC4)c3)O[C@@](C)(C(F)(F)F)[C@H]2C)ccc(F)c1F. The molecular weight excluding hydrogens is 519 g/mol. The zero-order valence-corrected chi connectivity index (χ0v) is 20.7. The van der Waals surface area contributed by atoms with Crippen LogP contribution in [0.1, 0.15) is 38.2 Å². The molecule has 0 bridgehead atoms. The number of nitrogens with zero attached hydrogens (tertiary/aromatic N) is 1. The number of methoxy groups -OCH3 is 1. The van der Waals surface area contributed by atoms with Crippen LogP contribution < -0.4 is 14.8 Å². The molecule has 38 heavy (non-hydrogen) atoms. The monoisotopic (exact) mass is 546 g/mol. The standard InChI is InChI=1S/C25H27F5N2O6/c1-12-18(14-4-5-15(26)19(27)20(14)36-3)21(38-23(12,2)25(28,29)30)22(34)32-13-6-9-31-17(10-13)37-11-16(33)24(35)7-8-24/h4-6,9-10,12,16,18,21,33,35H,7-8,11H2,1-3H3,(H,31,32,34)/t12-,16?,18-,21+,23+/m0/s1. The number of hydrogen-bond acceptors (Lipinski definition) is 7. The molecule has 2 fully saturated rings. The van der Waals surface area contributed by atoms with Crippen molar-refractivity contribution in [3.05, 3.63) is 47.7 Å². The molecule has 1 unspecified atom stereocenters. The van der Waals surface area contributed by atoms with Crippen molar-refractivity contribution in [1.29, 1.82) is 0 Å². The Hall–Kier alpha value is -3.03. The van der Waals surface area contributed by atoms with Crippen LogP contribution in [-0.4, -0.2) is 64.4 Å². The molecule has 1 aliphatic heterocycles. The first kappa shape index (κ1) is 28.0. The van der Waals surface area contributed by atoms with Crippen molar-refractivity contribution in [1.82, 2.24) is 4.98 Å². The van der Waals surface area contributed by atoms with E-state index in [1.807, 2.05) is 0 Å². The lowest BCUT2D eigenvalue weighted by atomic mass is 9.77. The minimum Gasteiger partial charge on any atom is -0.493 e. The van der Waals surface area contributed by atoms with Gasteiger partial charge in [-0.15, -0.1) is 0 Å². The van der Waals surface area contributed by atoms with Gasteiger partial charge in [0.05, 0.1) is 12.7 Å². The Labute approximate surface area is 214 Å². The molecule has 1 saturated heterocycles. The number of rotatable bonds is 8. The average molecular weight is 546 g/mol. The number of hydrogen-bond donors (Lipinski definition) is 3. The summed E-state index contributed by atoms with van der Waals surface area (Å²) in [6.07, 6.45) is -5.68. The van der Waals surface area contributed by atoms with E-state index in [2.05, 4.69) is 10.3 Å². The minimum atomic E-state index is -4.89. The maximum absolute atomic E-state index is 14.5. The molecule has 3 N–H and O–H groups in total. The largest absolute Gasteiger partial charge is 0.493 e. The fourth-order valence-electron chi connectivity index (χ4n) is 4.60. The van der Waals surface area contributed by atoms with Crippen LogP contribution in [0, 0.1) is 17.6 Å². The minimum absolute atomic E-state index is 0.0224. The van der Waals surface area contributed by atoms with Gasteiger partial charge >= 0.3 is 6.18 Å². The van der Waals surface area contributed by atoms with Crippen molar-refractivity contribution >= 4 is 11.6 Å². The number of alkyl halides is 3. The summed E-state index contributed by atoms with van der Waals surface area (Å²) < 4.78 is 86.2. The second kappa shape index (κ2) is 9.93. The predicted octanol–water partition coefficient (Wildman–Crippen LogP) is 3.71. The smallest absolute Gasteiger partial charge is 0.417 e. The van der Waals surface area contributed by atoms with E-state index in [1.165, 1.54) is 25.3 Å². The number of nitrogens with one attached hydrogen (secondary N) is 1. The summed E-state index contributed by atoms with van der Waals surface area (Å²) >= 11 is 0. The molecule has 2 heterocycles. The summed E-state index contributed by atoms with van der Waals surface area (Å²) in [5.74, 6) is -7.05. The highest BCUT2D eigenvalue weighted by Gasteiger charge is 2.66. The Morgan fingerprint density at radius 3 is 2.58 bits per heavy atom. The number of benzene rings is 1. The lowest BCUT2D eigenvalue weighted by Gasteiger charge is -2.32. The Morgan fingerprint density at radius 1 is 1.29 bits per heavy atom. The molecular formula is C25H27F5N2O6. The summed E-state index contributed by atoms with van der Waals surface area (Å²) in [6.45, 7) is 1.73. The van der Waals surface area contributed by atoms with Gasteiger partial charge in [0.1, 0.15) is 18.8 Å². The zero-order valence-electron chi connectivity index (χ0n) is 20.7. The van der Waals surface area contributed by atoms with E-state index in [0.717, 1.165) is 26.2 Å². The normalized spacial score (nSPS) is 27.1. The Kier molecular flexibility index (Phi) is 7.32. The molecule has 8 nitrogen and oxygen atoms in total. The molecule has 2 aliphatic rings. The number of amides is 1. The molecule has 13 heteroatoms. The predicted molar refractivity (Wildman–Crippen MR) is 123 cm³/mol. The molecule has 5 atom stereocenters. The fourth-order valence-corrected chi connectivity index (χ4v) is 4.60. The van der Waals surface area contributed by atoms with Gasteiger partial charge in [-0.1, -0.05) is 13.0 Å². The van der Waals surface area contributed by atoms with Gasteiger partial charge in [-0.05, 0) is 31.9 Å². The van der Waals surface area contributed by atoms with E-state index in [4.69, 9.17) is 14.2 Å². The van der Waals surface area contributed by atoms with E-state index in [-0.39, 0.29) is 23.7 Å². The first-order chi connectivity index (χ1) is 17.7. The van der Waals surface area contributed by atoms with Crippen molar-refractivity contribution in [2.24, 2.45) is 5.92 Å². The van der Waals surface area contributed by atoms with Crippen molar-refractivity contribution in [3.63, 3.8) is 0 Å². The Bertz CT molecular complexity index is 1210. The summed E-state index contributed by atoms with van der Waals surface area (Å²) in [4.78, 5) is 17.2. The number of ether oxygens (including phenoxy) is 3. The molecule has 4 rings (SSSR count). The van der Waals surface area contributed by atoms with Gasteiger partial charge in [0.25, 0.3) is 5.91 Å². The van der Waals surface area contributed by atoms with Crippen LogP contribution in [0.3, 0.4) is 0 Å². The maximum atomic E-state index is 14.5. The lowest BCUT2D eigenvalue weighted by Crippen LogP contribution is -2.47. The molecule has 1 amide bonds. The van der Waals surface area contributed by atoms with E-state index in [9.17, 15) is 37.0 Å². The Balaban J connectivity index is 1.61. The van der Waals surface area contributed by atoms with E-state index >= 15 is 0 Å². The van der Waals surface area contributed by atoms with Crippen LogP contribution >= 0.6 is 0 Å². The van der Waals surface area contributed by atoms with Crippen LogP contribution in [0.25, 0.3) is 0 Å². The number of aromatic nitrogens is 1. The van der Waals surface area contributed by atoms with Crippen molar-refractivity contribution in [2.75, 3.05) is 19.0 Å². The highest BCUT2D eigenvalue weighted by molar-refractivity contribution is 5.95. The van der Waals surface area contributed by atoms with Crippen LogP contribution in [0.4, 0.5) is 27.6 Å². The van der Waals surface area contributed by atoms with Gasteiger partial charge in [0, 0.05) is 35.3 Å². The number of halogens is 5. The van der Waals surface area contributed by atoms with Crippen LogP contribution in [-0.2, 0) is 9.53 Å². The summed E-state index contributed by atoms with van der Waals surface area (Å²) in [7, 11) is 1.04. The first-order valence-electron chi connectivity index (χ1n) is 11.8. The number of carbonyl (C=O) groups is 1. The molecule has 2 aromatic rings. The lowest BCUT2D eigenvalue weighted by molar-refractivity contribution is -0.272. The number of aliphatic hydroxyl groups excluding tert-OH is 1. The van der Waals surface area contributed by atoms with Crippen LogP contribution in [0.2, 0.25) is 0 Å². The topological polar surface area (TPSA) is 110 Å². The number of carbonyl (C=O) groups excluding carboxylic acids is 1. The molecule has 208 valence electrons. The quantitative estimate of drug-likeness (QED) is 0.433. The summed E-state index contributed by atoms with van der Waals surface area (Å²) in [5.41, 5.74) is -4.06. The molecule has 1 aliphatic carbocycles. The van der Waals surface area contributed by atoms with Crippen molar-refractivity contribution in [2.45, 2.75) is 62.2 Å². The van der Waals surface area contributed by atoms with Crippen LogP contribution in [0.5, 0.6) is 11.6 Å². The van der Waals surface area contributed by atoms with Crippen molar-refractivity contribution < 1.29 is 51.2 Å². The van der Waals surface area contributed by atoms with E-state index < -0.39 is 64.7 Å². The number of pyridine rings is 1. The molecule has 1 aromatic carbocycles.